The Morgan fingerprint density at radius 2 is 1.77 bits per heavy atom. The summed E-state index contributed by atoms with van der Waals surface area (Å²) in [6.07, 6.45) is -0.0912. The van der Waals surface area contributed by atoms with Crippen molar-refractivity contribution in [3.05, 3.63) is 64.4 Å². The van der Waals surface area contributed by atoms with Crippen LogP contribution in [0, 0.1) is 0 Å². The minimum absolute atomic E-state index is 0.0912. The highest BCUT2D eigenvalue weighted by Crippen LogP contribution is 2.35. The molecule has 5 heteroatoms. The highest BCUT2D eigenvalue weighted by Gasteiger charge is 2.20. The molecule has 0 N–H and O–H groups in total. The third-order valence-electron chi connectivity index (χ3n) is 4.10. The Balaban J connectivity index is 2.13. The lowest BCUT2D eigenvalue weighted by Gasteiger charge is -2.19. The number of benzene rings is 2. The van der Waals surface area contributed by atoms with Gasteiger partial charge in [-0.25, -0.2) is 0 Å². The molecule has 3 rings (SSSR count). The number of pyridine rings is 1. The van der Waals surface area contributed by atoms with E-state index in [4.69, 9.17) is 14.2 Å². The van der Waals surface area contributed by atoms with Crippen LogP contribution in [0.2, 0.25) is 0 Å². The molecule has 0 fully saturated rings. The number of hydrogen-bond acceptors (Lipinski definition) is 4. The molecule has 0 amide bonds. The van der Waals surface area contributed by atoms with Gasteiger partial charge in [0.2, 0.25) is 5.75 Å². The molecule has 1 aromatic heterocycles. The van der Waals surface area contributed by atoms with Crippen LogP contribution >= 0.6 is 0 Å². The number of hydrogen-bond donors (Lipinski definition) is 0. The van der Waals surface area contributed by atoms with Gasteiger partial charge in [0.25, 0.3) is 5.56 Å². The molecule has 26 heavy (non-hydrogen) atoms. The van der Waals surface area contributed by atoms with E-state index in [1.165, 1.54) is 0 Å². The smallest absolute Gasteiger partial charge is 0.297 e. The third kappa shape index (κ3) is 3.52. The molecule has 0 spiro atoms. The molecule has 0 saturated heterocycles. The molecule has 5 nitrogen and oxygen atoms in total. The fraction of sp³-hybridized carbons (Fsp3) is 0.286. The van der Waals surface area contributed by atoms with Crippen LogP contribution in [-0.2, 0) is 13.7 Å². The highest BCUT2D eigenvalue weighted by molar-refractivity contribution is 5.89. The van der Waals surface area contributed by atoms with Crippen LogP contribution in [0.25, 0.3) is 10.9 Å². The molecule has 0 atom stereocenters. The van der Waals surface area contributed by atoms with Crippen molar-refractivity contribution in [2.75, 3.05) is 7.11 Å². The molecule has 1 heterocycles. The lowest BCUT2D eigenvalue weighted by molar-refractivity contribution is 0.218. The average Bonchev–Trinajstić information content (AvgIpc) is 2.65. The van der Waals surface area contributed by atoms with Crippen molar-refractivity contribution >= 4 is 10.9 Å². The maximum absolute atomic E-state index is 12.9. The number of methoxy groups -OCH3 is 1. The van der Waals surface area contributed by atoms with Gasteiger partial charge < -0.3 is 18.8 Å². The lowest BCUT2D eigenvalue weighted by atomic mass is 10.1. The monoisotopic (exact) mass is 353 g/mol. The molecular formula is C21H23NO4. The Morgan fingerprint density at radius 3 is 2.42 bits per heavy atom. The Labute approximate surface area is 152 Å². The van der Waals surface area contributed by atoms with E-state index in [2.05, 4.69) is 0 Å². The number of fused-ring (bicyclic) bond motifs is 1. The molecule has 0 aliphatic carbocycles. The van der Waals surface area contributed by atoms with Crippen molar-refractivity contribution < 1.29 is 14.2 Å². The van der Waals surface area contributed by atoms with Crippen molar-refractivity contribution in [1.29, 1.82) is 0 Å². The van der Waals surface area contributed by atoms with Gasteiger partial charge in [0.1, 0.15) is 12.4 Å². The van der Waals surface area contributed by atoms with Crippen molar-refractivity contribution in [3.63, 3.8) is 0 Å². The van der Waals surface area contributed by atoms with Gasteiger partial charge in [-0.1, -0.05) is 30.3 Å². The predicted molar refractivity (Wildman–Crippen MR) is 102 cm³/mol. The minimum Gasteiger partial charge on any atom is -0.497 e. The van der Waals surface area contributed by atoms with Gasteiger partial charge in [-0.2, -0.15) is 0 Å². The maximum Gasteiger partial charge on any atom is 0.297 e. The number of nitrogens with zero attached hydrogens (tertiary/aromatic N) is 1. The molecule has 0 aliphatic heterocycles. The van der Waals surface area contributed by atoms with Gasteiger partial charge >= 0.3 is 0 Å². The van der Waals surface area contributed by atoms with E-state index in [9.17, 15) is 4.79 Å². The highest BCUT2D eigenvalue weighted by atomic mass is 16.5. The summed E-state index contributed by atoms with van der Waals surface area (Å²) < 4.78 is 18.7. The first kappa shape index (κ1) is 17.9. The van der Waals surface area contributed by atoms with Crippen molar-refractivity contribution in [1.82, 2.24) is 4.57 Å². The number of aromatic nitrogens is 1. The molecule has 0 radical (unpaired) electrons. The summed E-state index contributed by atoms with van der Waals surface area (Å²) in [5.74, 6) is 1.38. The largest absolute Gasteiger partial charge is 0.497 e. The quantitative estimate of drug-likeness (QED) is 0.674. The molecule has 0 saturated carbocycles. The molecule has 0 bridgehead atoms. The standard InChI is InChI=1S/C21H23NO4/c1-14(2)26-19-17-11-10-16(24-4)12-18(17)22(3)21(23)20(19)25-13-15-8-6-5-7-9-15/h5-12,14H,13H2,1-4H3. The van der Waals surface area contributed by atoms with Gasteiger partial charge in [0.05, 0.1) is 18.7 Å². The zero-order valence-corrected chi connectivity index (χ0v) is 15.5. The molecular weight excluding hydrogens is 330 g/mol. The van der Waals surface area contributed by atoms with Crippen molar-refractivity contribution in [2.45, 2.75) is 26.6 Å². The van der Waals surface area contributed by atoms with Crippen LogP contribution in [-0.4, -0.2) is 17.8 Å². The Morgan fingerprint density at radius 1 is 1.04 bits per heavy atom. The van der Waals surface area contributed by atoms with Crippen LogP contribution in [0.3, 0.4) is 0 Å². The zero-order valence-electron chi connectivity index (χ0n) is 15.5. The van der Waals surface area contributed by atoms with Crippen LogP contribution < -0.4 is 19.8 Å². The summed E-state index contributed by atoms with van der Waals surface area (Å²) in [6, 6.07) is 15.3. The zero-order chi connectivity index (χ0) is 18.7. The topological polar surface area (TPSA) is 49.7 Å². The predicted octanol–water partition coefficient (Wildman–Crippen LogP) is 3.91. The third-order valence-corrected chi connectivity index (χ3v) is 4.10. The summed E-state index contributed by atoms with van der Waals surface area (Å²) in [7, 11) is 3.32. The summed E-state index contributed by atoms with van der Waals surface area (Å²) >= 11 is 0. The van der Waals surface area contributed by atoms with E-state index < -0.39 is 0 Å². The van der Waals surface area contributed by atoms with E-state index in [1.807, 2.05) is 62.4 Å². The van der Waals surface area contributed by atoms with E-state index >= 15 is 0 Å². The average molecular weight is 353 g/mol. The summed E-state index contributed by atoms with van der Waals surface area (Å²) in [4.78, 5) is 12.9. The van der Waals surface area contributed by atoms with Crippen LogP contribution in [0.1, 0.15) is 19.4 Å². The van der Waals surface area contributed by atoms with E-state index in [-0.39, 0.29) is 17.4 Å². The van der Waals surface area contributed by atoms with E-state index in [0.29, 0.717) is 18.1 Å². The Kier molecular flexibility index (Phi) is 5.16. The summed E-state index contributed by atoms with van der Waals surface area (Å²) in [6.45, 7) is 4.15. The fourth-order valence-corrected chi connectivity index (χ4v) is 2.80. The number of rotatable bonds is 6. The fourth-order valence-electron chi connectivity index (χ4n) is 2.80. The Bertz CT molecular complexity index is 961. The summed E-state index contributed by atoms with van der Waals surface area (Å²) in [5.41, 5.74) is 1.48. The SMILES string of the molecule is COc1ccc2c(OC(C)C)c(OCc3ccccc3)c(=O)n(C)c2c1. The van der Waals surface area contributed by atoms with Gasteiger partial charge in [-0.15, -0.1) is 0 Å². The van der Waals surface area contributed by atoms with Crippen molar-refractivity contribution in [3.8, 4) is 17.2 Å². The first-order valence-corrected chi connectivity index (χ1v) is 8.55. The lowest BCUT2D eigenvalue weighted by Crippen LogP contribution is -2.22. The molecule has 3 aromatic rings. The van der Waals surface area contributed by atoms with Gasteiger partial charge in [0, 0.05) is 18.5 Å². The number of aryl methyl sites for hydroxylation is 1. The van der Waals surface area contributed by atoms with Crippen LogP contribution in [0.4, 0.5) is 0 Å². The molecule has 136 valence electrons. The van der Waals surface area contributed by atoms with E-state index in [1.54, 1.807) is 18.7 Å². The van der Waals surface area contributed by atoms with Gasteiger partial charge in [-0.3, -0.25) is 4.79 Å². The maximum atomic E-state index is 12.9. The second-order valence-corrected chi connectivity index (χ2v) is 6.35. The summed E-state index contributed by atoms with van der Waals surface area (Å²) in [5, 5.41) is 0.810. The van der Waals surface area contributed by atoms with Crippen LogP contribution in [0.15, 0.2) is 53.3 Å². The van der Waals surface area contributed by atoms with Crippen LogP contribution in [0.5, 0.6) is 17.2 Å². The first-order valence-electron chi connectivity index (χ1n) is 8.55. The second-order valence-electron chi connectivity index (χ2n) is 6.35. The minimum atomic E-state index is -0.239. The van der Waals surface area contributed by atoms with E-state index in [0.717, 1.165) is 16.5 Å². The number of ether oxygens (including phenoxy) is 3. The molecule has 0 unspecified atom stereocenters. The first-order chi connectivity index (χ1) is 12.5. The normalized spacial score (nSPS) is 11.0. The van der Waals surface area contributed by atoms with Gasteiger partial charge in [-0.05, 0) is 31.5 Å². The molecule has 2 aromatic carbocycles. The Hall–Kier alpha value is -2.95. The molecule has 0 aliphatic rings. The van der Waals surface area contributed by atoms with Gasteiger partial charge in [0.15, 0.2) is 5.75 Å². The second kappa shape index (κ2) is 7.52. The van der Waals surface area contributed by atoms with Crippen molar-refractivity contribution in [2.24, 2.45) is 7.05 Å².